The van der Waals surface area contributed by atoms with Crippen molar-refractivity contribution in [3.05, 3.63) is 41.7 Å². The molecule has 0 spiro atoms. The van der Waals surface area contributed by atoms with Crippen LogP contribution in [0.4, 0.5) is 21.6 Å². The predicted molar refractivity (Wildman–Crippen MR) is 83.5 cm³/mol. The van der Waals surface area contributed by atoms with E-state index in [2.05, 4.69) is 10.3 Å². The normalized spacial score (nSPS) is 11.3. The summed E-state index contributed by atoms with van der Waals surface area (Å²) in [5.41, 5.74) is 7.22. The number of rotatable bonds is 3. The van der Waals surface area contributed by atoms with Crippen molar-refractivity contribution < 1.29 is 9.13 Å². The molecule has 4 nitrogen and oxygen atoms in total. The van der Waals surface area contributed by atoms with E-state index >= 15 is 0 Å². The van der Waals surface area contributed by atoms with E-state index < -0.39 is 5.60 Å². The van der Waals surface area contributed by atoms with Crippen LogP contribution in [0.15, 0.2) is 30.3 Å². The molecule has 0 saturated carbocycles. The van der Waals surface area contributed by atoms with Crippen molar-refractivity contribution in [3.63, 3.8) is 0 Å². The maximum atomic E-state index is 13.8. The van der Waals surface area contributed by atoms with Crippen LogP contribution in [0.25, 0.3) is 0 Å². The summed E-state index contributed by atoms with van der Waals surface area (Å²) in [5.74, 6) is 0.478. The third-order valence-electron chi connectivity index (χ3n) is 2.68. The number of halogens is 1. The minimum Gasteiger partial charge on any atom is -0.470 e. The molecule has 3 N–H and O–H groups in total. The van der Waals surface area contributed by atoms with Crippen molar-refractivity contribution in [1.82, 2.24) is 4.98 Å². The molecule has 0 atom stereocenters. The molecule has 0 bridgehead atoms. The van der Waals surface area contributed by atoms with Gasteiger partial charge >= 0.3 is 0 Å². The van der Waals surface area contributed by atoms with Gasteiger partial charge in [0.05, 0.1) is 11.4 Å². The second kappa shape index (κ2) is 5.60. The molecule has 0 amide bonds. The maximum absolute atomic E-state index is 13.8. The summed E-state index contributed by atoms with van der Waals surface area (Å²) in [5, 5.41) is 2.94. The average Bonchev–Trinajstić information content (AvgIpc) is 2.36. The lowest BCUT2D eigenvalue weighted by atomic mass is 10.2. The van der Waals surface area contributed by atoms with Crippen LogP contribution in [0.3, 0.4) is 0 Å². The monoisotopic (exact) mass is 289 g/mol. The van der Waals surface area contributed by atoms with E-state index in [1.165, 1.54) is 6.07 Å². The Morgan fingerprint density at radius 1 is 1.19 bits per heavy atom. The summed E-state index contributed by atoms with van der Waals surface area (Å²) in [6.07, 6.45) is 0. The third kappa shape index (κ3) is 4.08. The molecule has 0 fully saturated rings. The van der Waals surface area contributed by atoms with E-state index in [0.29, 0.717) is 23.1 Å². The van der Waals surface area contributed by atoms with E-state index in [4.69, 9.17) is 10.5 Å². The Morgan fingerprint density at radius 2 is 1.90 bits per heavy atom. The quantitative estimate of drug-likeness (QED) is 0.895. The second-order valence-corrected chi connectivity index (χ2v) is 5.91. The maximum Gasteiger partial charge on any atom is 0.239 e. The van der Waals surface area contributed by atoms with E-state index in [1.807, 2.05) is 27.7 Å². The molecule has 0 aliphatic heterocycles. The van der Waals surface area contributed by atoms with Crippen LogP contribution in [0, 0.1) is 12.7 Å². The largest absolute Gasteiger partial charge is 0.470 e. The Labute approximate surface area is 124 Å². The molecular weight excluding hydrogens is 269 g/mol. The van der Waals surface area contributed by atoms with Gasteiger partial charge in [-0.25, -0.2) is 4.39 Å². The van der Waals surface area contributed by atoms with Crippen LogP contribution in [-0.2, 0) is 0 Å². The lowest BCUT2D eigenvalue weighted by Gasteiger charge is -2.21. The highest BCUT2D eigenvalue weighted by Gasteiger charge is 2.15. The van der Waals surface area contributed by atoms with Crippen molar-refractivity contribution in [1.29, 1.82) is 0 Å². The molecule has 0 unspecified atom stereocenters. The van der Waals surface area contributed by atoms with Crippen LogP contribution in [0.2, 0.25) is 0 Å². The Morgan fingerprint density at radius 3 is 2.57 bits per heavy atom. The molecule has 5 heteroatoms. The van der Waals surface area contributed by atoms with Crippen molar-refractivity contribution >= 4 is 17.2 Å². The number of nitrogen functional groups attached to an aromatic ring is 1. The second-order valence-electron chi connectivity index (χ2n) is 5.91. The van der Waals surface area contributed by atoms with Gasteiger partial charge in [-0.2, -0.15) is 4.98 Å². The number of anilines is 3. The fourth-order valence-corrected chi connectivity index (χ4v) is 1.77. The van der Waals surface area contributed by atoms with Gasteiger partial charge in [0.2, 0.25) is 5.88 Å². The number of aromatic nitrogens is 1. The Balaban J connectivity index is 2.29. The predicted octanol–water partition coefficient (Wildman–Crippen LogP) is 4.03. The minimum absolute atomic E-state index is 0.334. The molecule has 2 rings (SSSR count). The van der Waals surface area contributed by atoms with Gasteiger partial charge in [0.15, 0.2) is 0 Å². The summed E-state index contributed by atoms with van der Waals surface area (Å²) in [4.78, 5) is 4.30. The molecule has 1 aromatic carbocycles. The third-order valence-corrected chi connectivity index (χ3v) is 2.68. The zero-order valence-electron chi connectivity index (χ0n) is 12.7. The lowest BCUT2D eigenvalue weighted by Crippen LogP contribution is -2.24. The highest BCUT2D eigenvalue weighted by atomic mass is 19.1. The van der Waals surface area contributed by atoms with Gasteiger partial charge in [0, 0.05) is 0 Å². The average molecular weight is 289 g/mol. The zero-order chi connectivity index (χ0) is 15.6. The van der Waals surface area contributed by atoms with Crippen LogP contribution in [0.5, 0.6) is 5.88 Å². The smallest absolute Gasteiger partial charge is 0.239 e. The topological polar surface area (TPSA) is 60.2 Å². The van der Waals surface area contributed by atoms with Crippen molar-refractivity contribution in [2.75, 3.05) is 11.1 Å². The summed E-state index contributed by atoms with van der Waals surface area (Å²) in [6.45, 7) is 7.63. The molecule has 2 aromatic rings. The number of nitrogens with zero attached hydrogens (tertiary/aromatic N) is 1. The zero-order valence-corrected chi connectivity index (χ0v) is 12.7. The Bertz CT molecular complexity index is 650. The summed E-state index contributed by atoms with van der Waals surface area (Å²) in [6, 6.07) is 8.22. The number of ether oxygens (including phenoxy) is 1. The Kier molecular flexibility index (Phi) is 4.02. The molecular formula is C16H20FN3O. The number of hydrogen-bond donors (Lipinski definition) is 2. The highest BCUT2D eigenvalue weighted by molar-refractivity contribution is 5.61. The molecule has 0 aliphatic carbocycles. The molecule has 0 saturated heterocycles. The van der Waals surface area contributed by atoms with Crippen LogP contribution < -0.4 is 15.8 Å². The number of aryl methyl sites for hydroxylation is 1. The summed E-state index contributed by atoms with van der Waals surface area (Å²) >= 11 is 0. The van der Waals surface area contributed by atoms with Crippen molar-refractivity contribution in [2.24, 2.45) is 0 Å². The molecule has 0 aliphatic rings. The van der Waals surface area contributed by atoms with Crippen molar-refractivity contribution in [2.45, 2.75) is 33.3 Å². The van der Waals surface area contributed by atoms with Gasteiger partial charge in [-0.3, -0.25) is 0 Å². The van der Waals surface area contributed by atoms with Gasteiger partial charge in [0.25, 0.3) is 0 Å². The fourth-order valence-electron chi connectivity index (χ4n) is 1.77. The van der Waals surface area contributed by atoms with E-state index in [-0.39, 0.29) is 5.82 Å². The first kappa shape index (κ1) is 15.1. The van der Waals surface area contributed by atoms with Gasteiger partial charge in [0.1, 0.15) is 17.2 Å². The molecule has 112 valence electrons. The first-order chi connectivity index (χ1) is 9.74. The SMILES string of the molecule is Cc1ccc(F)c(Nc2ccc(N)c(OC(C)(C)C)n2)c1. The number of hydrogen-bond acceptors (Lipinski definition) is 4. The number of nitrogens with two attached hydrogens (primary N) is 1. The first-order valence-corrected chi connectivity index (χ1v) is 6.73. The number of nitrogens with one attached hydrogen (secondary N) is 1. The van der Waals surface area contributed by atoms with Crippen molar-refractivity contribution in [3.8, 4) is 5.88 Å². The van der Waals surface area contributed by atoms with E-state index in [0.717, 1.165) is 5.56 Å². The lowest BCUT2D eigenvalue weighted by molar-refractivity contribution is 0.125. The van der Waals surface area contributed by atoms with Gasteiger partial charge in [-0.05, 0) is 57.5 Å². The molecule has 0 radical (unpaired) electrons. The molecule has 21 heavy (non-hydrogen) atoms. The Hall–Kier alpha value is -2.30. The van der Waals surface area contributed by atoms with E-state index in [9.17, 15) is 4.39 Å². The van der Waals surface area contributed by atoms with E-state index in [1.54, 1.807) is 24.3 Å². The number of pyridine rings is 1. The minimum atomic E-state index is -0.408. The number of benzene rings is 1. The highest BCUT2D eigenvalue weighted by Crippen LogP contribution is 2.27. The first-order valence-electron chi connectivity index (χ1n) is 6.73. The molecule has 1 aromatic heterocycles. The summed E-state index contributed by atoms with van der Waals surface area (Å²) in [7, 11) is 0. The van der Waals surface area contributed by atoms with Crippen LogP contribution in [0.1, 0.15) is 26.3 Å². The van der Waals surface area contributed by atoms with Gasteiger partial charge < -0.3 is 15.8 Å². The van der Waals surface area contributed by atoms with Crippen LogP contribution >= 0.6 is 0 Å². The van der Waals surface area contributed by atoms with Crippen LogP contribution in [-0.4, -0.2) is 10.6 Å². The standard InChI is InChI=1S/C16H20FN3O/c1-10-5-6-11(17)13(9-10)19-14-8-7-12(18)15(20-14)21-16(2,3)4/h5-9H,18H2,1-4H3,(H,19,20). The summed E-state index contributed by atoms with van der Waals surface area (Å²) < 4.78 is 19.5. The fraction of sp³-hybridized carbons (Fsp3) is 0.312. The van der Waals surface area contributed by atoms with Gasteiger partial charge in [-0.15, -0.1) is 0 Å². The van der Waals surface area contributed by atoms with Gasteiger partial charge in [-0.1, -0.05) is 6.07 Å². The molecule has 1 heterocycles.